The summed E-state index contributed by atoms with van der Waals surface area (Å²) in [5.74, 6) is -0.233. The number of halogens is 2. The fourth-order valence-corrected chi connectivity index (χ4v) is 3.56. The quantitative estimate of drug-likeness (QED) is 0.833. The van der Waals surface area contributed by atoms with Crippen LogP contribution in [0.1, 0.15) is 46.8 Å². The summed E-state index contributed by atoms with van der Waals surface area (Å²) in [6, 6.07) is 5.43. The molecule has 6 heteroatoms. The first kappa shape index (κ1) is 18.4. The van der Waals surface area contributed by atoms with Gasteiger partial charge in [-0.1, -0.05) is 6.07 Å². The molecule has 2 heterocycles. The molecule has 0 bridgehead atoms. The number of aromatic nitrogens is 2. The Morgan fingerprint density at radius 2 is 2.04 bits per heavy atom. The first-order chi connectivity index (χ1) is 12.4. The van der Waals surface area contributed by atoms with Crippen LogP contribution in [0.5, 0.6) is 0 Å². The number of hydrogen-bond acceptors (Lipinski definition) is 3. The van der Waals surface area contributed by atoms with E-state index in [0.717, 1.165) is 31.0 Å². The lowest BCUT2D eigenvalue weighted by Gasteiger charge is -2.32. The second kappa shape index (κ2) is 7.89. The second-order valence-electron chi connectivity index (χ2n) is 6.98. The van der Waals surface area contributed by atoms with Gasteiger partial charge in [-0.05, 0) is 63.1 Å². The van der Waals surface area contributed by atoms with E-state index < -0.39 is 11.6 Å². The third-order valence-corrected chi connectivity index (χ3v) is 4.83. The highest BCUT2D eigenvalue weighted by Crippen LogP contribution is 2.23. The van der Waals surface area contributed by atoms with E-state index in [1.54, 1.807) is 13.0 Å². The fourth-order valence-electron chi connectivity index (χ4n) is 3.56. The van der Waals surface area contributed by atoms with Crippen molar-refractivity contribution < 1.29 is 13.6 Å². The van der Waals surface area contributed by atoms with Crippen LogP contribution in [-0.4, -0.2) is 33.9 Å². The fraction of sp³-hybridized carbons (Fsp3) is 0.450. The summed E-state index contributed by atoms with van der Waals surface area (Å²) < 4.78 is 26.8. The topological polar surface area (TPSA) is 46.1 Å². The number of benzene rings is 1. The Labute approximate surface area is 152 Å². The van der Waals surface area contributed by atoms with E-state index in [1.807, 2.05) is 11.8 Å². The first-order valence-corrected chi connectivity index (χ1v) is 8.98. The van der Waals surface area contributed by atoms with Crippen LogP contribution in [0.15, 0.2) is 24.3 Å². The van der Waals surface area contributed by atoms with Crippen LogP contribution >= 0.6 is 0 Å². The number of aryl methyl sites for hydroxylation is 3. The summed E-state index contributed by atoms with van der Waals surface area (Å²) in [5, 5.41) is 0. The van der Waals surface area contributed by atoms with Crippen molar-refractivity contribution in [1.82, 2.24) is 14.9 Å². The molecule has 1 aromatic heterocycles. The molecule has 0 spiro atoms. The number of carbonyl (C=O) groups is 1. The molecule has 0 unspecified atom stereocenters. The molecule has 26 heavy (non-hydrogen) atoms. The predicted molar refractivity (Wildman–Crippen MR) is 94.8 cm³/mol. The highest BCUT2D eigenvalue weighted by atomic mass is 19.1. The van der Waals surface area contributed by atoms with Crippen LogP contribution in [-0.2, 0) is 6.42 Å². The van der Waals surface area contributed by atoms with E-state index in [2.05, 4.69) is 9.97 Å². The van der Waals surface area contributed by atoms with Crippen LogP contribution in [0.25, 0.3) is 0 Å². The molecular formula is C20H23F2N3O. The van der Waals surface area contributed by atoms with Crippen LogP contribution in [0.4, 0.5) is 8.78 Å². The monoisotopic (exact) mass is 359 g/mol. The van der Waals surface area contributed by atoms with E-state index in [-0.39, 0.29) is 5.91 Å². The Morgan fingerprint density at radius 1 is 1.23 bits per heavy atom. The Bertz CT molecular complexity index is 789. The molecule has 4 nitrogen and oxygen atoms in total. The molecule has 1 atom stereocenters. The number of carbonyl (C=O) groups excluding carboxylic acids is 1. The maximum Gasteiger partial charge on any atom is 0.272 e. The Balaban J connectivity index is 1.62. The van der Waals surface area contributed by atoms with Crippen LogP contribution in [0, 0.1) is 31.4 Å². The average Bonchev–Trinajstić information content (AvgIpc) is 2.60. The molecule has 0 saturated carbocycles. The van der Waals surface area contributed by atoms with Crippen LogP contribution < -0.4 is 0 Å². The van der Waals surface area contributed by atoms with Gasteiger partial charge >= 0.3 is 0 Å². The molecule has 3 rings (SSSR count). The molecular weight excluding hydrogens is 336 g/mol. The molecule has 2 aromatic rings. The number of nitrogens with zero attached hydrogens (tertiary/aromatic N) is 3. The average molecular weight is 359 g/mol. The SMILES string of the molecule is Cc1cc(C(=O)N2CCC[C@H](CCc3ccc(F)cc3F)C2)nc(C)n1. The van der Waals surface area contributed by atoms with Gasteiger partial charge in [-0.15, -0.1) is 0 Å². The predicted octanol–water partition coefficient (Wildman–Crippen LogP) is 3.86. The standard InChI is InChI=1S/C20H23F2N3O/c1-13-10-19(24-14(2)23-13)20(26)25-9-3-4-15(12-25)5-6-16-7-8-17(21)11-18(16)22/h7-8,10-11,15H,3-6,9,12H2,1-2H3/t15-/m1/s1. The van der Waals surface area contributed by atoms with Crippen LogP contribution in [0.2, 0.25) is 0 Å². The second-order valence-corrected chi connectivity index (χ2v) is 6.98. The van der Waals surface area contributed by atoms with Gasteiger partial charge in [0.1, 0.15) is 23.2 Å². The third-order valence-electron chi connectivity index (χ3n) is 4.83. The zero-order chi connectivity index (χ0) is 18.7. The molecule has 1 aromatic carbocycles. The summed E-state index contributed by atoms with van der Waals surface area (Å²) in [7, 11) is 0. The zero-order valence-electron chi connectivity index (χ0n) is 15.1. The number of rotatable bonds is 4. The van der Waals surface area contributed by atoms with E-state index in [4.69, 9.17) is 0 Å². The summed E-state index contributed by atoms with van der Waals surface area (Å²) in [6.45, 7) is 4.98. The van der Waals surface area contributed by atoms with Gasteiger partial charge in [0.25, 0.3) is 5.91 Å². The Morgan fingerprint density at radius 3 is 2.77 bits per heavy atom. The maximum absolute atomic E-state index is 13.8. The van der Waals surface area contributed by atoms with Crippen molar-refractivity contribution in [2.75, 3.05) is 13.1 Å². The van der Waals surface area contributed by atoms with E-state index >= 15 is 0 Å². The van der Waals surface area contributed by atoms with Crippen molar-refractivity contribution in [3.8, 4) is 0 Å². The van der Waals surface area contributed by atoms with Gasteiger partial charge in [0, 0.05) is 24.8 Å². The number of piperidine rings is 1. The van der Waals surface area contributed by atoms with Crippen molar-refractivity contribution in [3.05, 3.63) is 58.7 Å². The van der Waals surface area contributed by atoms with Crippen LogP contribution in [0.3, 0.4) is 0 Å². The minimum atomic E-state index is -0.559. The van der Waals surface area contributed by atoms with Gasteiger partial charge in [0.05, 0.1) is 0 Å². The first-order valence-electron chi connectivity index (χ1n) is 8.98. The Hall–Kier alpha value is -2.37. The van der Waals surface area contributed by atoms with Gasteiger partial charge in [-0.2, -0.15) is 0 Å². The molecule has 0 radical (unpaired) electrons. The molecule has 1 aliphatic rings. The van der Waals surface area contributed by atoms with Gasteiger partial charge in [-0.25, -0.2) is 18.7 Å². The maximum atomic E-state index is 13.8. The highest BCUT2D eigenvalue weighted by Gasteiger charge is 2.25. The van der Waals surface area contributed by atoms with Gasteiger partial charge in [0.2, 0.25) is 0 Å². The van der Waals surface area contributed by atoms with E-state index in [0.29, 0.717) is 42.5 Å². The summed E-state index contributed by atoms with van der Waals surface area (Å²) in [5.41, 5.74) is 1.73. The number of hydrogen-bond donors (Lipinski definition) is 0. The molecule has 0 N–H and O–H groups in total. The van der Waals surface area contributed by atoms with Crippen molar-refractivity contribution in [2.24, 2.45) is 5.92 Å². The van der Waals surface area contributed by atoms with Crippen molar-refractivity contribution in [1.29, 1.82) is 0 Å². The lowest BCUT2D eigenvalue weighted by atomic mass is 9.91. The highest BCUT2D eigenvalue weighted by molar-refractivity contribution is 5.92. The summed E-state index contributed by atoms with van der Waals surface area (Å²) in [6.07, 6.45) is 3.25. The lowest BCUT2D eigenvalue weighted by molar-refractivity contribution is 0.0661. The third kappa shape index (κ3) is 4.42. The minimum absolute atomic E-state index is 0.0729. The summed E-state index contributed by atoms with van der Waals surface area (Å²) >= 11 is 0. The normalized spacial score (nSPS) is 17.4. The largest absolute Gasteiger partial charge is 0.337 e. The molecule has 1 amide bonds. The van der Waals surface area contributed by atoms with Gasteiger partial charge in [-0.3, -0.25) is 4.79 Å². The smallest absolute Gasteiger partial charge is 0.272 e. The van der Waals surface area contributed by atoms with Gasteiger partial charge in [0.15, 0.2) is 0 Å². The molecule has 1 fully saturated rings. The molecule has 0 aliphatic carbocycles. The Kier molecular flexibility index (Phi) is 5.59. The molecule has 1 saturated heterocycles. The molecule has 138 valence electrons. The zero-order valence-corrected chi connectivity index (χ0v) is 15.1. The minimum Gasteiger partial charge on any atom is -0.337 e. The van der Waals surface area contributed by atoms with Gasteiger partial charge < -0.3 is 4.90 Å². The lowest BCUT2D eigenvalue weighted by Crippen LogP contribution is -2.40. The number of likely N-dealkylation sites (tertiary alicyclic amines) is 1. The summed E-state index contributed by atoms with van der Waals surface area (Å²) in [4.78, 5) is 23.0. The van der Waals surface area contributed by atoms with E-state index in [1.165, 1.54) is 12.1 Å². The van der Waals surface area contributed by atoms with Crippen molar-refractivity contribution in [3.63, 3.8) is 0 Å². The van der Waals surface area contributed by atoms with Crippen molar-refractivity contribution >= 4 is 5.91 Å². The van der Waals surface area contributed by atoms with E-state index in [9.17, 15) is 13.6 Å². The molecule has 1 aliphatic heterocycles. The number of amides is 1. The van der Waals surface area contributed by atoms with Crippen molar-refractivity contribution in [2.45, 2.75) is 39.5 Å².